The Kier molecular flexibility index (Phi) is 4.85. The fourth-order valence-corrected chi connectivity index (χ4v) is 1.95. The second-order valence-corrected chi connectivity index (χ2v) is 5.44. The highest BCUT2D eigenvalue weighted by molar-refractivity contribution is 5.38. The van der Waals surface area contributed by atoms with Crippen LogP contribution < -0.4 is 10.1 Å². The van der Waals surface area contributed by atoms with Crippen LogP contribution in [-0.4, -0.2) is 6.04 Å². The van der Waals surface area contributed by atoms with Crippen LogP contribution in [0.1, 0.15) is 36.3 Å². The molecule has 0 aliphatic rings. The molecule has 20 heavy (non-hydrogen) atoms. The van der Waals surface area contributed by atoms with Gasteiger partial charge < -0.3 is 14.5 Å². The maximum Gasteiger partial charge on any atom is 0.146 e. The fraction of sp³-hybridized carbons (Fsp3) is 0.412. The molecular weight excluding hydrogens is 250 g/mol. The zero-order valence-electron chi connectivity index (χ0n) is 12.7. The largest absolute Gasteiger partial charge is 0.485 e. The molecule has 0 spiro atoms. The van der Waals surface area contributed by atoms with E-state index in [0.717, 1.165) is 23.6 Å². The van der Waals surface area contributed by atoms with E-state index in [1.54, 1.807) is 6.26 Å². The average molecular weight is 273 g/mol. The Balaban J connectivity index is 1.92. The summed E-state index contributed by atoms with van der Waals surface area (Å²) in [5.41, 5.74) is 3.57. The first-order valence-electron chi connectivity index (χ1n) is 7.05. The van der Waals surface area contributed by atoms with Gasteiger partial charge in [-0.2, -0.15) is 0 Å². The van der Waals surface area contributed by atoms with Gasteiger partial charge in [0.05, 0.1) is 6.26 Å². The Bertz CT molecular complexity index is 558. The fourth-order valence-electron chi connectivity index (χ4n) is 1.95. The van der Waals surface area contributed by atoms with Gasteiger partial charge in [0.25, 0.3) is 0 Å². The van der Waals surface area contributed by atoms with Crippen LogP contribution in [0.2, 0.25) is 0 Å². The lowest BCUT2D eigenvalue weighted by atomic mass is 10.1. The molecule has 1 N–H and O–H groups in total. The number of hydrogen-bond donors (Lipinski definition) is 1. The van der Waals surface area contributed by atoms with Gasteiger partial charge in [0.2, 0.25) is 0 Å². The van der Waals surface area contributed by atoms with Gasteiger partial charge in [0, 0.05) is 18.2 Å². The van der Waals surface area contributed by atoms with Crippen LogP contribution in [0.25, 0.3) is 0 Å². The quantitative estimate of drug-likeness (QED) is 0.864. The van der Waals surface area contributed by atoms with E-state index < -0.39 is 0 Å². The van der Waals surface area contributed by atoms with E-state index in [1.165, 1.54) is 11.1 Å². The molecule has 3 nitrogen and oxygen atoms in total. The minimum atomic E-state index is 0.464. The molecule has 1 aromatic carbocycles. The third-order valence-corrected chi connectivity index (χ3v) is 3.35. The molecule has 0 radical (unpaired) electrons. The molecule has 2 rings (SSSR count). The summed E-state index contributed by atoms with van der Waals surface area (Å²) < 4.78 is 11.4. The second kappa shape index (κ2) is 6.62. The Hall–Kier alpha value is -1.74. The van der Waals surface area contributed by atoms with Crippen molar-refractivity contribution in [2.24, 2.45) is 0 Å². The first-order valence-corrected chi connectivity index (χ1v) is 7.05. The SMILES string of the molecule is Cc1cccc(OCc2cc(CNC(C)C)co2)c1C. The van der Waals surface area contributed by atoms with Gasteiger partial charge in [-0.15, -0.1) is 0 Å². The van der Waals surface area contributed by atoms with E-state index >= 15 is 0 Å². The standard InChI is InChI=1S/C17H23NO2/c1-12(2)18-9-15-8-16(19-10-15)11-20-17-7-5-6-13(3)14(17)4/h5-8,10,12,18H,9,11H2,1-4H3. The van der Waals surface area contributed by atoms with E-state index in [9.17, 15) is 0 Å². The van der Waals surface area contributed by atoms with Gasteiger partial charge in [0.1, 0.15) is 18.1 Å². The molecule has 0 aliphatic heterocycles. The van der Waals surface area contributed by atoms with Crippen molar-refractivity contribution >= 4 is 0 Å². The summed E-state index contributed by atoms with van der Waals surface area (Å²) in [6.07, 6.45) is 1.79. The first-order chi connectivity index (χ1) is 9.56. The Morgan fingerprint density at radius 3 is 2.80 bits per heavy atom. The van der Waals surface area contributed by atoms with Crippen molar-refractivity contribution in [1.29, 1.82) is 0 Å². The molecule has 108 valence electrons. The molecule has 0 saturated carbocycles. The van der Waals surface area contributed by atoms with E-state index in [1.807, 2.05) is 18.2 Å². The predicted molar refractivity (Wildman–Crippen MR) is 80.9 cm³/mol. The third kappa shape index (κ3) is 3.87. The van der Waals surface area contributed by atoms with Crippen molar-refractivity contribution in [1.82, 2.24) is 5.32 Å². The zero-order chi connectivity index (χ0) is 14.5. The molecule has 0 unspecified atom stereocenters. The average Bonchev–Trinajstić information content (AvgIpc) is 2.86. The summed E-state index contributed by atoms with van der Waals surface area (Å²) in [4.78, 5) is 0. The predicted octanol–water partition coefficient (Wildman–Crippen LogP) is 3.97. The lowest BCUT2D eigenvalue weighted by Crippen LogP contribution is -2.21. The van der Waals surface area contributed by atoms with Gasteiger partial charge in [-0.05, 0) is 37.1 Å². The van der Waals surface area contributed by atoms with E-state index in [0.29, 0.717) is 12.6 Å². The van der Waals surface area contributed by atoms with Crippen molar-refractivity contribution in [3.8, 4) is 5.75 Å². The van der Waals surface area contributed by atoms with Crippen molar-refractivity contribution in [3.63, 3.8) is 0 Å². The lowest BCUT2D eigenvalue weighted by molar-refractivity contribution is 0.268. The van der Waals surface area contributed by atoms with Gasteiger partial charge in [0.15, 0.2) is 0 Å². The maximum absolute atomic E-state index is 5.83. The second-order valence-electron chi connectivity index (χ2n) is 5.44. The van der Waals surface area contributed by atoms with E-state index in [-0.39, 0.29) is 0 Å². The summed E-state index contributed by atoms with van der Waals surface area (Å²) in [6.45, 7) is 9.71. The number of furan rings is 1. The van der Waals surface area contributed by atoms with Crippen LogP contribution in [0.15, 0.2) is 34.9 Å². The summed E-state index contributed by atoms with van der Waals surface area (Å²) in [6, 6.07) is 8.61. The molecular formula is C17H23NO2. The summed E-state index contributed by atoms with van der Waals surface area (Å²) in [7, 11) is 0. The first kappa shape index (κ1) is 14.7. The van der Waals surface area contributed by atoms with Crippen LogP contribution in [0, 0.1) is 13.8 Å². The number of benzene rings is 1. The number of ether oxygens (including phenoxy) is 1. The van der Waals surface area contributed by atoms with Gasteiger partial charge in [-0.1, -0.05) is 26.0 Å². The minimum absolute atomic E-state index is 0.464. The van der Waals surface area contributed by atoms with Gasteiger partial charge >= 0.3 is 0 Å². The smallest absolute Gasteiger partial charge is 0.146 e. The highest BCUT2D eigenvalue weighted by Crippen LogP contribution is 2.22. The Morgan fingerprint density at radius 1 is 1.25 bits per heavy atom. The van der Waals surface area contributed by atoms with E-state index in [2.05, 4.69) is 39.1 Å². The lowest BCUT2D eigenvalue weighted by Gasteiger charge is -2.09. The molecule has 0 amide bonds. The number of rotatable bonds is 6. The van der Waals surface area contributed by atoms with Crippen molar-refractivity contribution < 1.29 is 9.15 Å². The van der Waals surface area contributed by atoms with Crippen molar-refractivity contribution in [2.75, 3.05) is 0 Å². The van der Waals surface area contributed by atoms with E-state index in [4.69, 9.17) is 9.15 Å². The molecule has 0 fully saturated rings. The molecule has 0 saturated heterocycles. The molecule has 2 aromatic rings. The molecule has 1 aromatic heterocycles. The van der Waals surface area contributed by atoms with Crippen molar-refractivity contribution in [3.05, 3.63) is 53.0 Å². The minimum Gasteiger partial charge on any atom is -0.485 e. The molecule has 3 heteroatoms. The highest BCUT2D eigenvalue weighted by atomic mass is 16.5. The van der Waals surface area contributed by atoms with Crippen LogP contribution in [0.5, 0.6) is 5.75 Å². The summed E-state index contributed by atoms with van der Waals surface area (Å²) >= 11 is 0. The normalized spacial score (nSPS) is 11.1. The summed E-state index contributed by atoms with van der Waals surface area (Å²) in [5, 5.41) is 3.36. The molecule has 0 aliphatic carbocycles. The number of nitrogens with one attached hydrogen (secondary N) is 1. The van der Waals surface area contributed by atoms with Gasteiger partial charge in [-0.25, -0.2) is 0 Å². The topological polar surface area (TPSA) is 34.4 Å². The van der Waals surface area contributed by atoms with Crippen molar-refractivity contribution in [2.45, 2.75) is 46.9 Å². The van der Waals surface area contributed by atoms with Crippen LogP contribution >= 0.6 is 0 Å². The third-order valence-electron chi connectivity index (χ3n) is 3.35. The monoisotopic (exact) mass is 273 g/mol. The van der Waals surface area contributed by atoms with Crippen LogP contribution in [-0.2, 0) is 13.2 Å². The molecule has 1 heterocycles. The van der Waals surface area contributed by atoms with Crippen LogP contribution in [0.4, 0.5) is 0 Å². The Labute approximate surface area is 121 Å². The molecule has 0 bridgehead atoms. The Morgan fingerprint density at radius 2 is 2.05 bits per heavy atom. The van der Waals surface area contributed by atoms with Gasteiger partial charge in [-0.3, -0.25) is 0 Å². The highest BCUT2D eigenvalue weighted by Gasteiger charge is 2.06. The maximum atomic E-state index is 5.83. The zero-order valence-corrected chi connectivity index (χ0v) is 12.7. The molecule has 0 atom stereocenters. The van der Waals surface area contributed by atoms with Crippen LogP contribution in [0.3, 0.4) is 0 Å². The number of hydrogen-bond acceptors (Lipinski definition) is 3. The summed E-state index contributed by atoms with van der Waals surface area (Å²) in [5.74, 6) is 1.77. The number of aryl methyl sites for hydroxylation is 1.